The number of rotatable bonds is 8. The van der Waals surface area contributed by atoms with Crippen molar-refractivity contribution in [2.45, 2.75) is 25.8 Å². The third-order valence-electron chi connectivity index (χ3n) is 2.13. The summed E-state index contributed by atoms with van der Waals surface area (Å²) < 4.78 is 10.2. The average Bonchev–Trinajstić information content (AvgIpc) is 2.63. The van der Waals surface area contributed by atoms with E-state index in [-0.39, 0.29) is 0 Å². The monoisotopic (exact) mass is 231 g/mol. The molecule has 4 heteroatoms. The zero-order valence-corrected chi connectivity index (χ0v) is 9.85. The van der Waals surface area contributed by atoms with Gasteiger partial charge in [-0.1, -0.05) is 0 Å². The van der Waals surface area contributed by atoms with E-state index in [2.05, 4.69) is 5.32 Å². The van der Waals surface area contributed by atoms with Gasteiger partial charge in [0.25, 0.3) is 0 Å². The van der Waals surface area contributed by atoms with E-state index in [1.165, 1.54) is 6.42 Å². The number of unbranched alkanes of at least 4 members (excludes halogenated alkanes) is 2. The largest absolute Gasteiger partial charge is 0.448 e. The number of furan rings is 1. The smallest absolute Gasteiger partial charge is 0.193 e. The van der Waals surface area contributed by atoms with Gasteiger partial charge in [-0.2, -0.15) is 0 Å². The van der Waals surface area contributed by atoms with E-state index in [0.717, 1.165) is 38.3 Å². The molecule has 0 aliphatic carbocycles. The molecule has 0 bridgehead atoms. The van der Waals surface area contributed by atoms with Gasteiger partial charge < -0.3 is 14.5 Å². The molecule has 86 valence electrons. The Kier molecular flexibility index (Phi) is 6.48. The van der Waals surface area contributed by atoms with Crippen LogP contribution in [0.1, 0.15) is 25.0 Å². The van der Waals surface area contributed by atoms with Gasteiger partial charge in [0.15, 0.2) is 5.22 Å². The Labute approximate surface area is 95.7 Å². The van der Waals surface area contributed by atoms with Crippen LogP contribution in [0, 0.1) is 0 Å². The Balaban J connectivity index is 1.93. The molecule has 0 saturated heterocycles. The minimum atomic E-state index is 0.451. The molecule has 1 heterocycles. The lowest BCUT2D eigenvalue weighted by atomic mass is 10.2. The molecule has 15 heavy (non-hydrogen) atoms. The van der Waals surface area contributed by atoms with Crippen molar-refractivity contribution in [3.63, 3.8) is 0 Å². The zero-order chi connectivity index (χ0) is 10.9. The zero-order valence-electron chi connectivity index (χ0n) is 9.09. The first-order chi connectivity index (χ1) is 7.33. The lowest BCUT2D eigenvalue weighted by molar-refractivity contribution is 0.192. The fraction of sp³-hybridized carbons (Fsp3) is 0.636. The van der Waals surface area contributed by atoms with Crippen molar-refractivity contribution in [2.24, 2.45) is 0 Å². The van der Waals surface area contributed by atoms with E-state index in [1.807, 2.05) is 6.07 Å². The highest BCUT2D eigenvalue weighted by Crippen LogP contribution is 2.12. The van der Waals surface area contributed by atoms with Gasteiger partial charge in [0.1, 0.15) is 5.76 Å². The van der Waals surface area contributed by atoms with E-state index < -0.39 is 0 Å². The summed E-state index contributed by atoms with van der Waals surface area (Å²) in [5.41, 5.74) is 0. The minimum absolute atomic E-state index is 0.451. The summed E-state index contributed by atoms with van der Waals surface area (Å²) in [6.45, 7) is 2.60. The Morgan fingerprint density at radius 1 is 1.33 bits per heavy atom. The Morgan fingerprint density at radius 2 is 2.20 bits per heavy atom. The lowest BCUT2D eigenvalue weighted by Gasteiger charge is -2.02. The first-order valence-corrected chi connectivity index (χ1v) is 5.64. The molecule has 1 aromatic heterocycles. The molecule has 0 fully saturated rings. The number of nitrogens with one attached hydrogen (secondary N) is 1. The maximum atomic E-state index is 5.65. The molecule has 1 N–H and O–H groups in total. The summed E-state index contributed by atoms with van der Waals surface area (Å²) in [7, 11) is 1.74. The van der Waals surface area contributed by atoms with Gasteiger partial charge in [-0.3, -0.25) is 0 Å². The van der Waals surface area contributed by atoms with Gasteiger partial charge >= 0.3 is 0 Å². The molecule has 0 amide bonds. The second kappa shape index (κ2) is 7.74. The number of halogens is 1. The molecule has 0 aliphatic heterocycles. The van der Waals surface area contributed by atoms with Crippen LogP contribution < -0.4 is 5.32 Å². The van der Waals surface area contributed by atoms with Crippen molar-refractivity contribution in [3.05, 3.63) is 23.1 Å². The molecule has 0 aromatic carbocycles. The Hall–Kier alpha value is -0.510. The molecular formula is C11H18ClNO2. The highest BCUT2D eigenvalue weighted by molar-refractivity contribution is 6.28. The first kappa shape index (κ1) is 12.6. The topological polar surface area (TPSA) is 34.4 Å². The van der Waals surface area contributed by atoms with Crippen LogP contribution in [0.3, 0.4) is 0 Å². The van der Waals surface area contributed by atoms with Crippen LogP contribution >= 0.6 is 11.6 Å². The van der Waals surface area contributed by atoms with Crippen LogP contribution in [0.25, 0.3) is 0 Å². The number of ether oxygens (including phenoxy) is 1. The Bertz CT molecular complexity index is 263. The van der Waals surface area contributed by atoms with Crippen molar-refractivity contribution >= 4 is 11.6 Å². The normalized spacial score (nSPS) is 10.8. The van der Waals surface area contributed by atoms with Crippen molar-refractivity contribution in [1.29, 1.82) is 0 Å². The van der Waals surface area contributed by atoms with Crippen molar-refractivity contribution in [2.75, 3.05) is 20.3 Å². The second-order valence-corrected chi connectivity index (χ2v) is 3.81. The maximum Gasteiger partial charge on any atom is 0.193 e. The Morgan fingerprint density at radius 3 is 2.87 bits per heavy atom. The number of hydrogen-bond donors (Lipinski definition) is 1. The second-order valence-electron chi connectivity index (χ2n) is 3.44. The van der Waals surface area contributed by atoms with Gasteiger partial charge in [-0.05, 0) is 49.5 Å². The molecule has 0 unspecified atom stereocenters. The van der Waals surface area contributed by atoms with Crippen molar-refractivity contribution in [3.8, 4) is 0 Å². The molecule has 1 aromatic rings. The summed E-state index contributed by atoms with van der Waals surface area (Å²) in [6.07, 6.45) is 3.49. The fourth-order valence-electron chi connectivity index (χ4n) is 1.33. The third-order valence-corrected chi connectivity index (χ3v) is 2.33. The lowest BCUT2D eigenvalue weighted by Crippen LogP contribution is -2.14. The predicted molar refractivity (Wildman–Crippen MR) is 61.2 cm³/mol. The number of methoxy groups -OCH3 is 1. The summed E-state index contributed by atoms with van der Waals surface area (Å²) in [5.74, 6) is 0.886. The fourth-order valence-corrected chi connectivity index (χ4v) is 1.49. The molecular weight excluding hydrogens is 214 g/mol. The highest BCUT2D eigenvalue weighted by atomic mass is 35.5. The van der Waals surface area contributed by atoms with Crippen LogP contribution in [0.15, 0.2) is 16.5 Å². The van der Waals surface area contributed by atoms with Gasteiger partial charge in [-0.25, -0.2) is 0 Å². The van der Waals surface area contributed by atoms with E-state index in [0.29, 0.717) is 5.22 Å². The molecule has 1 rings (SSSR count). The summed E-state index contributed by atoms with van der Waals surface area (Å²) in [6, 6.07) is 3.65. The predicted octanol–water partition coefficient (Wildman–Crippen LogP) is 2.84. The first-order valence-electron chi connectivity index (χ1n) is 5.27. The van der Waals surface area contributed by atoms with Crippen LogP contribution in [-0.2, 0) is 11.3 Å². The summed E-state index contributed by atoms with van der Waals surface area (Å²) in [4.78, 5) is 0. The minimum Gasteiger partial charge on any atom is -0.448 e. The highest BCUT2D eigenvalue weighted by Gasteiger charge is 1.98. The molecule has 0 spiro atoms. The molecule has 3 nitrogen and oxygen atoms in total. The summed E-state index contributed by atoms with van der Waals surface area (Å²) in [5, 5.41) is 3.75. The van der Waals surface area contributed by atoms with E-state index in [1.54, 1.807) is 13.2 Å². The molecule has 0 radical (unpaired) electrons. The molecule has 0 atom stereocenters. The van der Waals surface area contributed by atoms with Crippen LogP contribution in [0.2, 0.25) is 5.22 Å². The van der Waals surface area contributed by atoms with E-state index in [9.17, 15) is 0 Å². The van der Waals surface area contributed by atoms with Crippen LogP contribution in [0.4, 0.5) is 0 Å². The van der Waals surface area contributed by atoms with Crippen molar-refractivity contribution in [1.82, 2.24) is 5.32 Å². The average molecular weight is 232 g/mol. The quantitative estimate of drug-likeness (QED) is 0.699. The maximum absolute atomic E-state index is 5.65. The van der Waals surface area contributed by atoms with Gasteiger partial charge in [0.05, 0.1) is 6.54 Å². The third kappa shape index (κ3) is 5.82. The SMILES string of the molecule is COCCCCCNCc1ccc(Cl)o1. The number of hydrogen-bond acceptors (Lipinski definition) is 3. The van der Waals surface area contributed by atoms with Gasteiger partial charge in [-0.15, -0.1) is 0 Å². The van der Waals surface area contributed by atoms with E-state index in [4.69, 9.17) is 20.8 Å². The molecule has 0 aliphatic rings. The standard InChI is InChI=1S/C11H18ClNO2/c1-14-8-4-2-3-7-13-9-10-5-6-11(12)15-10/h5-6,13H,2-4,7-9H2,1H3. The van der Waals surface area contributed by atoms with Crippen LogP contribution in [0.5, 0.6) is 0 Å². The summed E-state index contributed by atoms with van der Waals surface area (Å²) >= 11 is 5.65. The van der Waals surface area contributed by atoms with E-state index >= 15 is 0 Å². The van der Waals surface area contributed by atoms with Gasteiger partial charge in [0, 0.05) is 13.7 Å². The van der Waals surface area contributed by atoms with Crippen molar-refractivity contribution < 1.29 is 9.15 Å². The molecule has 0 saturated carbocycles. The van der Waals surface area contributed by atoms with Gasteiger partial charge in [0.2, 0.25) is 0 Å². The van der Waals surface area contributed by atoms with Crippen LogP contribution in [-0.4, -0.2) is 20.3 Å².